The monoisotopic (exact) mass is 449 g/mol. The fourth-order valence-electron chi connectivity index (χ4n) is 4.30. The molecular weight excluding hydrogens is 413 g/mol. The van der Waals surface area contributed by atoms with E-state index in [9.17, 15) is 14.0 Å². The van der Waals surface area contributed by atoms with E-state index in [2.05, 4.69) is 0 Å². The molecule has 1 aromatic carbocycles. The largest absolute Gasteiger partial charge is 0.444 e. The molecule has 0 bridgehead atoms. The summed E-state index contributed by atoms with van der Waals surface area (Å²) in [6, 6.07) is 4.95. The molecule has 0 aliphatic carbocycles. The van der Waals surface area contributed by atoms with Gasteiger partial charge >= 0.3 is 6.09 Å². The number of carbonyl (C=O) groups excluding carboxylic acids is 2. The maximum absolute atomic E-state index is 13.3. The SMILES string of the molecule is CC(C)(C)OC(=O)N1C[C@H](OCc2ccc(F)cc2)[C@@H]2[C@H]1CCN2C(=O)[C@@H](N)C(C)(C)C. The molecule has 2 saturated heterocycles. The third kappa shape index (κ3) is 5.41. The van der Waals surface area contributed by atoms with Crippen LogP contribution in [-0.2, 0) is 20.9 Å². The standard InChI is InChI=1S/C24H36FN3O4/c1-23(2,3)20(26)21(29)27-12-11-17-19(27)18(13-28(17)22(30)32-24(4,5)6)31-14-15-7-9-16(25)10-8-15/h7-10,17-20H,11-14,26H2,1-6H3/t17-,18+,19+,20-/m1/s1. The van der Waals surface area contributed by atoms with E-state index in [4.69, 9.17) is 15.2 Å². The lowest BCUT2D eigenvalue weighted by atomic mass is 9.86. The van der Waals surface area contributed by atoms with Crippen LogP contribution in [0.15, 0.2) is 24.3 Å². The number of hydrogen-bond acceptors (Lipinski definition) is 5. The van der Waals surface area contributed by atoms with Gasteiger partial charge in [0.2, 0.25) is 5.91 Å². The van der Waals surface area contributed by atoms with Gasteiger partial charge in [0.15, 0.2) is 0 Å². The molecule has 3 rings (SSSR count). The third-order valence-corrected chi connectivity index (χ3v) is 6.07. The van der Waals surface area contributed by atoms with Crippen molar-refractivity contribution in [2.24, 2.45) is 11.1 Å². The number of halogens is 1. The topological polar surface area (TPSA) is 85.1 Å². The van der Waals surface area contributed by atoms with Gasteiger partial charge in [0.25, 0.3) is 0 Å². The molecule has 2 amide bonds. The highest BCUT2D eigenvalue weighted by Crippen LogP contribution is 2.36. The van der Waals surface area contributed by atoms with Crippen LogP contribution in [0.25, 0.3) is 0 Å². The highest BCUT2D eigenvalue weighted by atomic mass is 19.1. The second-order valence-corrected chi connectivity index (χ2v) is 10.8. The van der Waals surface area contributed by atoms with Gasteiger partial charge in [0.1, 0.15) is 11.4 Å². The van der Waals surface area contributed by atoms with E-state index >= 15 is 0 Å². The Morgan fingerprint density at radius 2 is 1.75 bits per heavy atom. The number of rotatable bonds is 4. The Labute approximate surface area is 190 Å². The van der Waals surface area contributed by atoms with Crippen molar-refractivity contribution in [2.45, 2.75) is 84.4 Å². The zero-order chi connectivity index (χ0) is 23.8. The van der Waals surface area contributed by atoms with E-state index in [0.717, 1.165) is 5.56 Å². The molecule has 1 aromatic rings. The maximum Gasteiger partial charge on any atom is 0.410 e. The van der Waals surface area contributed by atoms with Gasteiger partial charge < -0.3 is 25.0 Å². The number of benzene rings is 1. The molecule has 0 aromatic heterocycles. The molecule has 7 nitrogen and oxygen atoms in total. The number of nitrogens with zero attached hydrogens (tertiary/aromatic N) is 2. The summed E-state index contributed by atoms with van der Waals surface area (Å²) in [5, 5.41) is 0. The summed E-state index contributed by atoms with van der Waals surface area (Å²) in [7, 11) is 0. The van der Waals surface area contributed by atoms with Crippen LogP contribution in [0, 0.1) is 11.2 Å². The number of fused-ring (bicyclic) bond motifs is 1. The van der Waals surface area contributed by atoms with E-state index in [-0.39, 0.29) is 35.8 Å². The first kappa shape index (κ1) is 24.5. The molecule has 0 unspecified atom stereocenters. The van der Waals surface area contributed by atoms with Crippen molar-refractivity contribution in [3.05, 3.63) is 35.6 Å². The van der Waals surface area contributed by atoms with E-state index in [1.54, 1.807) is 21.9 Å². The summed E-state index contributed by atoms with van der Waals surface area (Å²) in [5.41, 5.74) is 6.10. The molecule has 2 fully saturated rings. The summed E-state index contributed by atoms with van der Waals surface area (Å²) >= 11 is 0. The Morgan fingerprint density at radius 3 is 2.31 bits per heavy atom. The second-order valence-electron chi connectivity index (χ2n) is 10.8. The molecule has 8 heteroatoms. The minimum Gasteiger partial charge on any atom is -0.444 e. The first-order valence-electron chi connectivity index (χ1n) is 11.2. The Kier molecular flexibility index (Phi) is 6.86. The van der Waals surface area contributed by atoms with Crippen molar-refractivity contribution in [1.82, 2.24) is 9.80 Å². The fourth-order valence-corrected chi connectivity index (χ4v) is 4.30. The van der Waals surface area contributed by atoms with Crippen molar-refractivity contribution in [1.29, 1.82) is 0 Å². The number of ether oxygens (including phenoxy) is 2. The van der Waals surface area contributed by atoms with Gasteiger partial charge in [-0.25, -0.2) is 9.18 Å². The van der Waals surface area contributed by atoms with Crippen LogP contribution in [-0.4, -0.2) is 64.7 Å². The molecule has 32 heavy (non-hydrogen) atoms. The van der Waals surface area contributed by atoms with Crippen LogP contribution in [0.2, 0.25) is 0 Å². The van der Waals surface area contributed by atoms with Crippen molar-refractivity contribution in [3.63, 3.8) is 0 Å². The van der Waals surface area contributed by atoms with Gasteiger partial charge in [-0.15, -0.1) is 0 Å². The van der Waals surface area contributed by atoms with Crippen LogP contribution in [0.5, 0.6) is 0 Å². The first-order valence-corrected chi connectivity index (χ1v) is 11.2. The lowest BCUT2D eigenvalue weighted by Gasteiger charge is -2.34. The average Bonchev–Trinajstić information content (AvgIpc) is 3.25. The van der Waals surface area contributed by atoms with Crippen LogP contribution in [0.1, 0.15) is 53.5 Å². The zero-order valence-corrected chi connectivity index (χ0v) is 19.9. The molecule has 2 aliphatic rings. The number of carbonyl (C=O) groups is 2. The number of amides is 2. The lowest BCUT2D eigenvalue weighted by Crippen LogP contribution is -2.55. The summed E-state index contributed by atoms with van der Waals surface area (Å²) in [4.78, 5) is 29.6. The van der Waals surface area contributed by atoms with Crippen molar-refractivity contribution in [3.8, 4) is 0 Å². The lowest BCUT2D eigenvalue weighted by molar-refractivity contribution is -0.138. The van der Waals surface area contributed by atoms with Gasteiger partial charge in [-0.1, -0.05) is 32.9 Å². The fraction of sp³-hybridized carbons (Fsp3) is 0.667. The van der Waals surface area contributed by atoms with E-state index in [1.165, 1.54) is 12.1 Å². The van der Waals surface area contributed by atoms with Crippen molar-refractivity contribution >= 4 is 12.0 Å². The second kappa shape index (κ2) is 8.98. The smallest absolute Gasteiger partial charge is 0.410 e. The Bertz CT molecular complexity index is 831. The summed E-state index contributed by atoms with van der Waals surface area (Å²) < 4.78 is 25.0. The van der Waals surface area contributed by atoms with Crippen molar-refractivity contribution in [2.75, 3.05) is 13.1 Å². The molecule has 0 saturated carbocycles. The minimum atomic E-state index is -0.658. The number of nitrogens with two attached hydrogens (primary N) is 1. The van der Waals surface area contributed by atoms with Crippen LogP contribution < -0.4 is 5.73 Å². The molecule has 4 atom stereocenters. The van der Waals surface area contributed by atoms with Gasteiger partial charge in [0.05, 0.1) is 37.4 Å². The Morgan fingerprint density at radius 1 is 1.12 bits per heavy atom. The van der Waals surface area contributed by atoms with Gasteiger partial charge in [-0.05, 0) is 50.3 Å². The van der Waals surface area contributed by atoms with E-state index < -0.39 is 23.8 Å². The summed E-state index contributed by atoms with van der Waals surface area (Å²) in [6.45, 7) is 12.4. The maximum atomic E-state index is 13.3. The predicted molar refractivity (Wildman–Crippen MR) is 119 cm³/mol. The molecule has 0 spiro atoms. The van der Waals surface area contributed by atoms with Gasteiger partial charge in [-0.2, -0.15) is 0 Å². The molecular formula is C24H36FN3O4. The highest BCUT2D eigenvalue weighted by Gasteiger charge is 2.54. The van der Waals surface area contributed by atoms with Crippen LogP contribution >= 0.6 is 0 Å². The molecule has 2 aliphatic heterocycles. The Balaban J connectivity index is 1.81. The molecule has 2 heterocycles. The first-order chi connectivity index (χ1) is 14.8. The van der Waals surface area contributed by atoms with E-state index in [0.29, 0.717) is 19.5 Å². The quantitative estimate of drug-likeness (QED) is 0.762. The highest BCUT2D eigenvalue weighted by molar-refractivity contribution is 5.83. The predicted octanol–water partition coefficient (Wildman–Crippen LogP) is 3.30. The van der Waals surface area contributed by atoms with Crippen LogP contribution in [0.4, 0.5) is 9.18 Å². The Hall–Kier alpha value is -2.19. The zero-order valence-electron chi connectivity index (χ0n) is 19.9. The van der Waals surface area contributed by atoms with Gasteiger partial charge in [0, 0.05) is 6.54 Å². The molecule has 0 radical (unpaired) electrons. The average molecular weight is 450 g/mol. The third-order valence-electron chi connectivity index (χ3n) is 6.07. The number of hydrogen-bond donors (Lipinski definition) is 1. The van der Waals surface area contributed by atoms with E-state index in [1.807, 2.05) is 41.5 Å². The normalized spacial score (nSPS) is 24.4. The van der Waals surface area contributed by atoms with Gasteiger partial charge in [-0.3, -0.25) is 4.79 Å². The summed E-state index contributed by atoms with van der Waals surface area (Å²) in [5.74, 6) is -0.444. The molecule has 178 valence electrons. The van der Waals surface area contributed by atoms with Crippen LogP contribution in [0.3, 0.4) is 0 Å². The molecule has 2 N–H and O–H groups in total. The van der Waals surface area contributed by atoms with Crippen molar-refractivity contribution < 1.29 is 23.5 Å². The summed E-state index contributed by atoms with van der Waals surface area (Å²) in [6.07, 6.45) is -0.158. The number of likely N-dealkylation sites (tertiary alicyclic amines) is 2. The minimum absolute atomic E-state index is 0.133.